The minimum Gasteiger partial charge on any atom is -0.481 e. The summed E-state index contributed by atoms with van der Waals surface area (Å²) < 4.78 is 0. The van der Waals surface area contributed by atoms with Crippen LogP contribution in [0.4, 0.5) is 5.00 Å². The molecule has 1 fully saturated rings. The number of fused-ring (bicyclic) bond motifs is 3. The minimum absolute atomic E-state index is 0.0484. The highest BCUT2D eigenvalue weighted by Gasteiger charge is 2.51. The van der Waals surface area contributed by atoms with E-state index < -0.39 is 23.7 Å². The van der Waals surface area contributed by atoms with Crippen LogP contribution in [0.1, 0.15) is 40.6 Å². The second-order valence-corrected chi connectivity index (χ2v) is 8.85. The zero-order valence-corrected chi connectivity index (χ0v) is 15.3. The van der Waals surface area contributed by atoms with Crippen LogP contribution in [0.3, 0.4) is 0 Å². The highest BCUT2D eigenvalue weighted by atomic mass is 32.1. The van der Waals surface area contributed by atoms with Gasteiger partial charge in [0, 0.05) is 4.88 Å². The fourth-order valence-electron chi connectivity index (χ4n) is 4.81. The van der Waals surface area contributed by atoms with Crippen LogP contribution in [0.25, 0.3) is 0 Å². The lowest BCUT2D eigenvalue weighted by molar-refractivity contribution is -0.146. The monoisotopic (exact) mass is 374 g/mol. The van der Waals surface area contributed by atoms with Crippen molar-refractivity contribution in [3.05, 3.63) is 28.2 Å². The highest BCUT2D eigenvalue weighted by molar-refractivity contribution is 7.17. The van der Waals surface area contributed by atoms with Crippen LogP contribution in [-0.2, 0) is 22.4 Å². The Hall–Kier alpha value is -2.15. The number of carboxylic acids is 1. The Balaban J connectivity index is 1.63. The number of rotatable bonds is 4. The van der Waals surface area contributed by atoms with E-state index >= 15 is 0 Å². The third-order valence-electron chi connectivity index (χ3n) is 6.04. The van der Waals surface area contributed by atoms with Crippen molar-refractivity contribution in [1.29, 1.82) is 0 Å². The molecule has 7 heteroatoms. The van der Waals surface area contributed by atoms with Crippen molar-refractivity contribution >= 4 is 34.1 Å². The Bertz CT molecular complexity index is 828. The molecule has 0 aliphatic heterocycles. The Labute approximate surface area is 155 Å². The molecule has 5 atom stereocenters. The molecule has 0 radical (unpaired) electrons. The largest absolute Gasteiger partial charge is 0.481 e. The molecule has 3 aliphatic rings. The molecule has 26 heavy (non-hydrogen) atoms. The van der Waals surface area contributed by atoms with E-state index in [-0.39, 0.29) is 17.7 Å². The van der Waals surface area contributed by atoms with Gasteiger partial charge in [-0.15, -0.1) is 11.3 Å². The minimum atomic E-state index is -0.934. The van der Waals surface area contributed by atoms with Crippen LogP contribution < -0.4 is 11.1 Å². The third kappa shape index (κ3) is 2.65. The van der Waals surface area contributed by atoms with Crippen molar-refractivity contribution in [1.82, 2.24) is 0 Å². The normalized spacial score (nSPS) is 31.7. The molecule has 0 spiro atoms. The van der Waals surface area contributed by atoms with Crippen molar-refractivity contribution < 1.29 is 19.5 Å². The first-order valence-electron chi connectivity index (χ1n) is 9.03. The van der Waals surface area contributed by atoms with Crippen molar-refractivity contribution in [3.63, 3.8) is 0 Å². The molecule has 1 aromatic heterocycles. The molecule has 1 saturated carbocycles. The van der Waals surface area contributed by atoms with Crippen molar-refractivity contribution in [2.24, 2.45) is 35.3 Å². The van der Waals surface area contributed by atoms with E-state index in [9.17, 15) is 19.5 Å². The topological polar surface area (TPSA) is 109 Å². The summed E-state index contributed by atoms with van der Waals surface area (Å²) in [5.74, 6) is -2.67. The molecule has 138 valence electrons. The second kappa shape index (κ2) is 6.23. The summed E-state index contributed by atoms with van der Waals surface area (Å²) >= 11 is 1.41. The van der Waals surface area contributed by atoms with Gasteiger partial charge < -0.3 is 16.2 Å². The number of carbonyl (C=O) groups excluding carboxylic acids is 2. The van der Waals surface area contributed by atoms with Gasteiger partial charge in [-0.05, 0) is 49.0 Å². The summed E-state index contributed by atoms with van der Waals surface area (Å²) in [6.07, 6.45) is 7.23. The van der Waals surface area contributed by atoms with Crippen molar-refractivity contribution in [2.75, 3.05) is 5.32 Å². The van der Waals surface area contributed by atoms with Gasteiger partial charge >= 0.3 is 5.97 Å². The molecular formula is C19H22N2O4S. The number of carbonyl (C=O) groups is 3. The third-order valence-corrected chi connectivity index (χ3v) is 7.21. The quantitative estimate of drug-likeness (QED) is 0.703. The van der Waals surface area contributed by atoms with E-state index in [0.29, 0.717) is 22.9 Å². The molecule has 2 amide bonds. The first-order chi connectivity index (χ1) is 12.4. The van der Waals surface area contributed by atoms with E-state index in [2.05, 4.69) is 12.2 Å². The molecule has 6 nitrogen and oxygen atoms in total. The SMILES string of the molecule is C[C@@H]1CCc2c(sc(NC(=O)[C@H]3[C@@H](C(=O)O)[C@H]4C=C[C@@H]3C4)c2C(N)=O)C1. The van der Waals surface area contributed by atoms with Gasteiger partial charge in [0.2, 0.25) is 5.91 Å². The molecule has 0 saturated heterocycles. The van der Waals surface area contributed by atoms with Gasteiger partial charge in [-0.25, -0.2) is 0 Å². The maximum absolute atomic E-state index is 12.9. The van der Waals surface area contributed by atoms with E-state index in [0.717, 1.165) is 29.7 Å². The van der Waals surface area contributed by atoms with Crippen LogP contribution in [0.2, 0.25) is 0 Å². The van der Waals surface area contributed by atoms with Crippen LogP contribution in [0.5, 0.6) is 0 Å². The number of anilines is 1. The molecule has 4 N–H and O–H groups in total. The molecule has 1 aromatic rings. The van der Waals surface area contributed by atoms with Crippen LogP contribution in [-0.4, -0.2) is 22.9 Å². The average Bonchev–Trinajstić information content (AvgIpc) is 3.25. The van der Waals surface area contributed by atoms with Gasteiger partial charge in [0.1, 0.15) is 5.00 Å². The number of hydrogen-bond donors (Lipinski definition) is 3. The van der Waals surface area contributed by atoms with Gasteiger partial charge in [0.15, 0.2) is 0 Å². The predicted octanol–water partition coefficient (Wildman–Crippen LogP) is 2.43. The molecular weight excluding hydrogens is 352 g/mol. The Morgan fingerprint density at radius 3 is 2.58 bits per heavy atom. The number of carboxylic acid groups (broad SMARTS) is 1. The lowest BCUT2D eigenvalue weighted by Crippen LogP contribution is -2.36. The van der Waals surface area contributed by atoms with E-state index in [1.807, 2.05) is 12.2 Å². The summed E-state index contributed by atoms with van der Waals surface area (Å²) in [7, 11) is 0. The first kappa shape index (κ1) is 17.3. The molecule has 3 aliphatic carbocycles. The zero-order chi connectivity index (χ0) is 18.6. The molecule has 2 bridgehead atoms. The summed E-state index contributed by atoms with van der Waals surface area (Å²) in [4.78, 5) is 37.7. The van der Waals surface area contributed by atoms with Crippen LogP contribution >= 0.6 is 11.3 Å². The second-order valence-electron chi connectivity index (χ2n) is 7.75. The molecule has 1 heterocycles. The van der Waals surface area contributed by atoms with Crippen LogP contribution in [0, 0.1) is 29.6 Å². The highest BCUT2D eigenvalue weighted by Crippen LogP contribution is 2.49. The first-order valence-corrected chi connectivity index (χ1v) is 9.84. The number of allylic oxidation sites excluding steroid dienone is 2. The fraction of sp³-hybridized carbons (Fsp3) is 0.526. The Morgan fingerprint density at radius 2 is 1.92 bits per heavy atom. The lowest BCUT2D eigenvalue weighted by Gasteiger charge is -2.23. The lowest BCUT2D eigenvalue weighted by atomic mass is 9.82. The molecule has 0 aromatic carbocycles. The van der Waals surface area contributed by atoms with Gasteiger partial charge in [0.25, 0.3) is 5.91 Å². The number of nitrogens with two attached hydrogens (primary N) is 1. The average molecular weight is 374 g/mol. The summed E-state index contributed by atoms with van der Waals surface area (Å²) in [5, 5.41) is 12.9. The number of aliphatic carboxylic acids is 1. The van der Waals surface area contributed by atoms with Gasteiger partial charge in [-0.2, -0.15) is 0 Å². The Morgan fingerprint density at radius 1 is 1.23 bits per heavy atom. The maximum Gasteiger partial charge on any atom is 0.307 e. The smallest absolute Gasteiger partial charge is 0.307 e. The van der Waals surface area contributed by atoms with Crippen LogP contribution in [0.15, 0.2) is 12.2 Å². The van der Waals surface area contributed by atoms with Crippen molar-refractivity contribution in [2.45, 2.75) is 32.6 Å². The molecule has 4 rings (SSSR count). The Kier molecular flexibility index (Phi) is 4.14. The van der Waals surface area contributed by atoms with Gasteiger partial charge in [-0.1, -0.05) is 19.1 Å². The number of hydrogen-bond acceptors (Lipinski definition) is 4. The predicted molar refractivity (Wildman–Crippen MR) is 98.0 cm³/mol. The van der Waals surface area contributed by atoms with E-state index in [4.69, 9.17) is 5.73 Å². The fourth-order valence-corrected chi connectivity index (χ4v) is 6.23. The summed E-state index contributed by atoms with van der Waals surface area (Å²) in [6, 6.07) is 0. The maximum atomic E-state index is 12.9. The number of amides is 2. The number of nitrogens with one attached hydrogen (secondary N) is 1. The zero-order valence-electron chi connectivity index (χ0n) is 14.5. The van der Waals surface area contributed by atoms with Gasteiger partial charge in [-0.3, -0.25) is 14.4 Å². The van der Waals surface area contributed by atoms with Crippen molar-refractivity contribution in [3.8, 4) is 0 Å². The number of thiophene rings is 1. The molecule has 0 unspecified atom stereocenters. The number of primary amides is 1. The van der Waals surface area contributed by atoms with E-state index in [1.165, 1.54) is 11.3 Å². The standard InChI is InChI=1S/C19H22N2O4S/c1-8-2-5-11-12(6-8)26-18(15(11)16(20)22)21-17(23)13-9-3-4-10(7-9)14(13)19(24)25/h3-4,8-10,13-14H,2,5-7H2,1H3,(H2,20,22)(H,21,23)(H,24,25)/t8-,9-,10+,13-,14+/m1/s1. The van der Waals surface area contributed by atoms with Gasteiger partial charge in [0.05, 0.1) is 17.4 Å². The summed E-state index contributed by atoms with van der Waals surface area (Å²) in [5.41, 5.74) is 6.96. The van der Waals surface area contributed by atoms with E-state index in [1.54, 1.807) is 0 Å². The summed E-state index contributed by atoms with van der Waals surface area (Å²) in [6.45, 7) is 2.17.